The molecule has 4 rings (SSSR count). The molecular formula is C28H28N2O6S. The second-order valence-electron chi connectivity index (χ2n) is 8.81. The Labute approximate surface area is 219 Å². The molecule has 2 heterocycles. The number of carbonyl (C=O) groups excluding carboxylic acids is 3. The molecule has 0 bridgehead atoms. The zero-order valence-corrected chi connectivity index (χ0v) is 22.1. The van der Waals surface area contributed by atoms with Crippen molar-refractivity contribution in [3.05, 3.63) is 80.9 Å². The lowest BCUT2D eigenvalue weighted by atomic mass is 9.93. The predicted octanol–water partition coefficient (Wildman–Crippen LogP) is 5.27. The van der Waals surface area contributed by atoms with Gasteiger partial charge in [-0.25, -0.2) is 9.78 Å². The number of aliphatic hydroxyl groups excluding tert-OH is 1. The van der Waals surface area contributed by atoms with E-state index in [1.807, 2.05) is 38.1 Å². The van der Waals surface area contributed by atoms with Gasteiger partial charge in [0, 0.05) is 5.56 Å². The lowest BCUT2D eigenvalue weighted by Gasteiger charge is -2.23. The van der Waals surface area contributed by atoms with E-state index in [-0.39, 0.29) is 21.3 Å². The molecule has 1 saturated heterocycles. The maximum absolute atomic E-state index is 13.4. The van der Waals surface area contributed by atoms with Gasteiger partial charge in [0.25, 0.3) is 5.78 Å². The summed E-state index contributed by atoms with van der Waals surface area (Å²) >= 11 is 0.966. The number of hydrogen-bond donors (Lipinski definition) is 1. The lowest BCUT2D eigenvalue weighted by Crippen LogP contribution is -2.29. The highest BCUT2D eigenvalue weighted by Gasteiger charge is 2.48. The van der Waals surface area contributed by atoms with Crippen LogP contribution in [0.4, 0.5) is 5.13 Å². The molecule has 1 aliphatic rings. The first-order valence-corrected chi connectivity index (χ1v) is 12.7. The van der Waals surface area contributed by atoms with E-state index < -0.39 is 23.7 Å². The van der Waals surface area contributed by atoms with Gasteiger partial charge in [-0.3, -0.25) is 14.5 Å². The molecule has 192 valence electrons. The average molecular weight is 521 g/mol. The quantitative estimate of drug-likeness (QED) is 0.196. The number of aromatic nitrogens is 1. The van der Waals surface area contributed by atoms with Crippen molar-refractivity contribution in [3.8, 4) is 5.75 Å². The average Bonchev–Trinajstić information content (AvgIpc) is 3.39. The fourth-order valence-corrected chi connectivity index (χ4v) is 5.23. The standard InChI is InChI=1S/C28H28N2O6S/c1-6-13-36-19-11-12-20(16(3)14-19)23(31)21-22(18-9-7-15(2)8-10-18)30(26(33)24(21)32)28-29-17(4)25(37-28)27(34)35-5/h7-12,14,22,31H,6,13H2,1-5H3/b23-21+. The van der Waals surface area contributed by atoms with Gasteiger partial charge in [0.2, 0.25) is 0 Å². The molecule has 37 heavy (non-hydrogen) atoms. The van der Waals surface area contributed by atoms with Crippen LogP contribution in [0.1, 0.15) is 57.0 Å². The maximum atomic E-state index is 13.4. The minimum atomic E-state index is -0.938. The van der Waals surface area contributed by atoms with Crippen molar-refractivity contribution in [1.82, 2.24) is 4.98 Å². The number of hydrogen-bond acceptors (Lipinski definition) is 8. The van der Waals surface area contributed by atoms with Gasteiger partial charge in [0.1, 0.15) is 16.4 Å². The summed E-state index contributed by atoms with van der Waals surface area (Å²) in [4.78, 5) is 44.9. The van der Waals surface area contributed by atoms with Gasteiger partial charge in [0.05, 0.1) is 31.0 Å². The van der Waals surface area contributed by atoms with Gasteiger partial charge in [-0.05, 0) is 56.5 Å². The van der Waals surface area contributed by atoms with Crippen LogP contribution in [0.5, 0.6) is 5.75 Å². The number of rotatable bonds is 7. The van der Waals surface area contributed by atoms with Crippen LogP contribution in [0.15, 0.2) is 48.0 Å². The predicted molar refractivity (Wildman–Crippen MR) is 141 cm³/mol. The summed E-state index contributed by atoms with van der Waals surface area (Å²) in [6, 6.07) is 11.6. The molecule has 0 saturated carbocycles. The van der Waals surface area contributed by atoms with E-state index in [4.69, 9.17) is 9.47 Å². The van der Waals surface area contributed by atoms with Crippen LogP contribution >= 0.6 is 11.3 Å². The Morgan fingerprint density at radius 3 is 2.43 bits per heavy atom. The molecule has 8 nitrogen and oxygen atoms in total. The number of anilines is 1. The summed E-state index contributed by atoms with van der Waals surface area (Å²) in [6.45, 7) is 7.94. The summed E-state index contributed by atoms with van der Waals surface area (Å²) < 4.78 is 10.5. The molecule has 1 aromatic heterocycles. The third-order valence-electron chi connectivity index (χ3n) is 6.13. The lowest BCUT2D eigenvalue weighted by molar-refractivity contribution is -0.132. The molecule has 3 aromatic rings. The van der Waals surface area contributed by atoms with Crippen molar-refractivity contribution in [3.63, 3.8) is 0 Å². The van der Waals surface area contributed by atoms with E-state index in [2.05, 4.69) is 4.98 Å². The van der Waals surface area contributed by atoms with Crippen LogP contribution in [0.3, 0.4) is 0 Å². The van der Waals surface area contributed by atoms with Crippen molar-refractivity contribution in [1.29, 1.82) is 0 Å². The van der Waals surface area contributed by atoms with Gasteiger partial charge < -0.3 is 14.6 Å². The Kier molecular flexibility index (Phi) is 7.45. The molecular weight excluding hydrogens is 492 g/mol. The number of esters is 1. The van der Waals surface area contributed by atoms with E-state index in [0.717, 1.165) is 23.3 Å². The van der Waals surface area contributed by atoms with Gasteiger partial charge in [-0.1, -0.05) is 48.1 Å². The second-order valence-corrected chi connectivity index (χ2v) is 9.79. The van der Waals surface area contributed by atoms with Gasteiger partial charge in [0.15, 0.2) is 5.13 Å². The first-order chi connectivity index (χ1) is 17.7. The largest absolute Gasteiger partial charge is 0.507 e. The Morgan fingerprint density at radius 2 is 1.81 bits per heavy atom. The fourth-order valence-electron chi connectivity index (χ4n) is 4.22. The summed E-state index contributed by atoms with van der Waals surface area (Å²) in [5.41, 5.74) is 3.07. The Hall–Kier alpha value is -3.98. The third-order valence-corrected chi connectivity index (χ3v) is 7.26. The van der Waals surface area contributed by atoms with E-state index in [1.165, 1.54) is 12.0 Å². The minimum absolute atomic E-state index is 0.0494. The molecule has 2 aromatic carbocycles. The van der Waals surface area contributed by atoms with E-state index in [0.29, 0.717) is 34.7 Å². The highest BCUT2D eigenvalue weighted by molar-refractivity contribution is 7.17. The van der Waals surface area contributed by atoms with E-state index in [9.17, 15) is 19.5 Å². The van der Waals surface area contributed by atoms with Crippen LogP contribution in [0.25, 0.3) is 5.76 Å². The van der Waals surface area contributed by atoms with Crippen LogP contribution in [0.2, 0.25) is 0 Å². The SMILES string of the molecule is CCCOc1ccc(/C(O)=C2\C(=O)C(=O)N(c3nc(C)c(C(=O)OC)s3)C2c2ccc(C)cc2)c(C)c1. The highest BCUT2D eigenvalue weighted by Crippen LogP contribution is 2.44. The van der Waals surface area contributed by atoms with E-state index in [1.54, 1.807) is 32.0 Å². The number of aryl methyl sites for hydroxylation is 3. The molecule has 0 radical (unpaired) electrons. The van der Waals surface area contributed by atoms with Crippen molar-refractivity contribution < 1.29 is 29.0 Å². The van der Waals surface area contributed by atoms with Crippen molar-refractivity contribution in [2.24, 2.45) is 0 Å². The number of benzene rings is 2. The zero-order chi connectivity index (χ0) is 26.9. The van der Waals surface area contributed by atoms with Crippen molar-refractivity contribution in [2.45, 2.75) is 40.2 Å². The highest BCUT2D eigenvalue weighted by atomic mass is 32.1. The number of Topliss-reactive ketones (excluding diaryl/α,β-unsaturated/α-hetero) is 1. The summed E-state index contributed by atoms with van der Waals surface area (Å²) in [5.74, 6) is -1.88. The number of carbonyl (C=O) groups is 3. The minimum Gasteiger partial charge on any atom is -0.507 e. The number of amides is 1. The van der Waals surface area contributed by atoms with Crippen molar-refractivity contribution >= 4 is 39.9 Å². The Morgan fingerprint density at radius 1 is 1.11 bits per heavy atom. The van der Waals surface area contributed by atoms with Gasteiger partial charge in [-0.15, -0.1) is 0 Å². The van der Waals surface area contributed by atoms with Crippen molar-refractivity contribution in [2.75, 3.05) is 18.6 Å². The second kappa shape index (κ2) is 10.6. The maximum Gasteiger partial charge on any atom is 0.350 e. The number of ether oxygens (including phenoxy) is 2. The van der Waals surface area contributed by atoms with Crippen LogP contribution in [-0.4, -0.2) is 41.5 Å². The number of nitrogens with zero attached hydrogens (tertiary/aromatic N) is 2. The summed E-state index contributed by atoms with van der Waals surface area (Å²) in [5, 5.41) is 11.6. The van der Waals surface area contributed by atoms with Crippen LogP contribution < -0.4 is 9.64 Å². The van der Waals surface area contributed by atoms with E-state index >= 15 is 0 Å². The monoisotopic (exact) mass is 520 g/mol. The van der Waals surface area contributed by atoms with Gasteiger partial charge in [-0.2, -0.15) is 0 Å². The Bertz CT molecular complexity index is 1410. The smallest absolute Gasteiger partial charge is 0.350 e. The fraction of sp³-hybridized carbons (Fsp3) is 0.286. The topological polar surface area (TPSA) is 106 Å². The molecule has 1 fully saturated rings. The zero-order valence-electron chi connectivity index (χ0n) is 21.3. The first kappa shape index (κ1) is 26.1. The Balaban J connectivity index is 1.89. The molecule has 1 N–H and O–H groups in total. The third kappa shape index (κ3) is 4.86. The molecule has 0 aliphatic carbocycles. The number of thiazole rings is 1. The normalized spacial score (nSPS) is 16.8. The molecule has 0 spiro atoms. The molecule has 1 atom stereocenters. The molecule has 1 unspecified atom stereocenters. The number of methoxy groups -OCH3 is 1. The molecule has 1 amide bonds. The summed E-state index contributed by atoms with van der Waals surface area (Å²) in [7, 11) is 1.26. The first-order valence-electron chi connectivity index (χ1n) is 11.8. The molecule has 1 aliphatic heterocycles. The van der Waals surface area contributed by atoms with Crippen LogP contribution in [-0.2, 0) is 14.3 Å². The molecule has 9 heteroatoms. The number of aliphatic hydroxyl groups is 1. The summed E-state index contributed by atoms with van der Waals surface area (Å²) in [6.07, 6.45) is 0.856. The van der Waals surface area contributed by atoms with Crippen LogP contribution in [0, 0.1) is 20.8 Å². The van der Waals surface area contributed by atoms with Gasteiger partial charge >= 0.3 is 11.9 Å². The number of ketones is 1.